The maximum Gasteiger partial charge on any atom is 0.118 e. The van der Waals surface area contributed by atoms with Gasteiger partial charge in [0.15, 0.2) is 0 Å². The number of rotatable bonds is 4. The fourth-order valence-electron chi connectivity index (χ4n) is 3.02. The minimum atomic E-state index is 0.345. The van der Waals surface area contributed by atoms with E-state index in [0.717, 1.165) is 5.75 Å². The van der Waals surface area contributed by atoms with E-state index in [1.807, 2.05) is 12.1 Å². The molecule has 0 heterocycles. The highest BCUT2D eigenvalue weighted by Gasteiger charge is 2.23. The predicted molar refractivity (Wildman–Crippen MR) is 82.0 cm³/mol. The Morgan fingerprint density at radius 2 is 1.85 bits per heavy atom. The summed E-state index contributed by atoms with van der Waals surface area (Å²) in [4.78, 5) is 0. The highest BCUT2D eigenvalue weighted by molar-refractivity contribution is 5.35. The van der Waals surface area contributed by atoms with Crippen LogP contribution in [0.5, 0.6) is 5.75 Å². The summed E-state index contributed by atoms with van der Waals surface area (Å²) in [5, 5.41) is 3.75. The molecule has 2 atom stereocenters. The molecule has 2 nitrogen and oxygen atoms in total. The van der Waals surface area contributed by atoms with Crippen molar-refractivity contribution in [1.29, 1.82) is 0 Å². The summed E-state index contributed by atoms with van der Waals surface area (Å²) in [5.74, 6) is 0.909. The molecular weight excluding hydrogens is 246 g/mol. The summed E-state index contributed by atoms with van der Waals surface area (Å²) in [6, 6.07) is 17.9. The molecule has 0 aliphatic heterocycles. The van der Waals surface area contributed by atoms with Crippen LogP contribution >= 0.6 is 0 Å². The average molecular weight is 267 g/mol. The zero-order chi connectivity index (χ0) is 13.9. The molecule has 3 rings (SSSR count). The maximum atomic E-state index is 5.21. The van der Waals surface area contributed by atoms with Gasteiger partial charge in [0.1, 0.15) is 5.75 Å². The van der Waals surface area contributed by atoms with Gasteiger partial charge < -0.3 is 10.1 Å². The number of nitrogens with one attached hydrogen (secondary N) is 1. The summed E-state index contributed by atoms with van der Waals surface area (Å²) in [6.07, 6.45) is 2.38. The molecule has 1 N–H and O–H groups in total. The number of benzene rings is 2. The van der Waals surface area contributed by atoms with Crippen molar-refractivity contribution in [2.24, 2.45) is 0 Å². The monoisotopic (exact) mass is 267 g/mol. The van der Waals surface area contributed by atoms with Crippen LogP contribution in [0.2, 0.25) is 0 Å². The van der Waals surface area contributed by atoms with Gasteiger partial charge in [0, 0.05) is 12.1 Å². The lowest BCUT2D eigenvalue weighted by Gasteiger charge is -2.21. The quantitative estimate of drug-likeness (QED) is 0.903. The minimum Gasteiger partial charge on any atom is -0.497 e. The van der Waals surface area contributed by atoms with Crippen molar-refractivity contribution in [2.45, 2.75) is 31.8 Å². The molecule has 2 heteroatoms. The van der Waals surface area contributed by atoms with Crippen LogP contribution in [-0.4, -0.2) is 7.11 Å². The summed E-state index contributed by atoms with van der Waals surface area (Å²) >= 11 is 0. The normalized spacial score (nSPS) is 18.6. The summed E-state index contributed by atoms with van der Waals surface area (Å²) in [5.41, 5.74) is 4.26. The number of methoxy groups -OCH3 is 1. The van der Waals surface area contributed by atoms with E-state index in [1.165, 1.54) is 29.5 Å². The second-order valence-electron chi connectivity index (χ2n) is 5.45. The van der Waals surface area contributed by atoms with Crippen LogP contribution < -0.4 is 10.1 Å². The van der Waals surface area contributed by atoms with Crippen molar-refractivity contribution >= 4 is 0 Å². The zero-order valence-corrected chi connectivity index (χ0v) is 12.1. The summed E-state index contributed by atoms with van der Waals surface area (Å²) < 4.78 is 5.21. The number of ether oxygens (including phenoxy) is 1. The zero-order valence-electron chi connectivity index (χ0n) is 12.1. The van der Waals surface area contributed by atoms with Crippen LogP contribution in [0.15, 0.2) is 48.5 Å². The molecule has 0 saturated heterocycles. The lowest BCUT2D eigenvalue weighted by Crippen LogP contribution is -2.22. The van der Waals surface area contributed by atoms with Crippen molar-refractivity contribution in [3.63, 3.8) is 0 Å². The third-order valence-corrected chi connectivity index (χ3v) is 4.20. The van der Waals surface area contributed by atoms with Gasteiger partial charge >= 0.3 is 0 Å². The topological polar surface area (TPSA) is 21.3 Å². The second kappa shape index (κ2) is 5.68. The Bertz CT molecular complexity index is 576. The molecule has 2 unspecified atom stereocenters. The summed E-state index contributed by atoms with van der Waals surface area (Å²) in [6.45, 7) is 2.22. The number of hydrogen-bond donors (Lipinski definition) is 1. The lowest BCUT2D eigenvalue weighted by atomic mass is 10.0. The van der Waals surface area contributed by atoms with Gasteiger partial charge in [-0.1, -0.05) is 36.4 Å². The van der Waals surface area contributed by atoms with E-state index in [9.17, 15) is 0 Å². The Balaban J connectivity index is 1.71. The molecule has 0 amide bonds. The highest BCUT2D eigenvalue weighted by Crippen LogP contribution is 2.32. The van der Waals surface area contributed by atoms with Crippen molar-refractivity contribution in [2.75, 3.05) is 7.11 Å². The van der Waals surface area contributed by atoms with Crippen LogP contribution in [0.3, 0.4) is 0 Å². The van der Waals surface area contributed by atoms with Crippen LogP contribution in [0.4, 0.5) is 0 Å². The molecule has 0 fully saturated rings. The Morgan fingerprint density at radius 1 is 1.10 bits per heavy atom. The average Bonchev–Trinajstić information content (AvgIpc) is 2.91. The molecular formula is C18H21NO. The fraction of sp³-hybridized carbons (Fsp3) is 0.333. The van der Waals surface area contributed by atoms with Gasteiger partial charge in [-0.05, 0) is 48.6 Å². The number of aryl methyl sites for hydroxylation is 1. The first-order chi connectivity index (χ1) is 9.78. The SMILES string of the molecule is COc1ccc(C(C)NC2CCc3ccccc32)cc1. The molecule has 0 spiro atoms. The van der Waals surface area contributed by atoms with Gasteiger partial charge in [-0.25, -0.2) is 0 Å². The second-order valence-corrected chi connectivity index (χ2v) is 5.45. The molecule has 0 radical (unpaired) electrons. The van der Waals surface area contributed by atoms with E-state index in [-0.39, 0.29) is 0 Å². The highest BCUT2D eigenvalue weighted by atomic mass is 16.5. The van der Waals surface area contributed by atoms with E-state index in [0.29, 0.717) is 12.1 Å². The van der Waals surface area contributed by atoms with Crippen molar-refractivity contribution < 1.29 is 4.74 Å². The predicted octanol–water partition coefficient (Wildman–Crippen LogP) is 4.03. The van der Waals surface area contributed by atoms with Gasteiger partial charge in [-0.15, -0.1) is 0 Å². The number of hydrogen-bond acceptors (Lipinski definition) is 2. The van der Waals surface area contributed by atoms with Gasteiger partial charge in [0.2, 0.25) is 0 Å². The Kier molecular flexibility index (Phi) is 3.75. The van der Waals surface area contributed by atoms with Crippen LogP contribution in [0, 0.1) is 0 Å². The standard InChI is InChI=1S/C18H21NO/c1-13(14-7-10-16(20-2)11-8-14)19-18-12-9-15-5-3-4-6-17(15)18/h3-8,10-11,13,18-19H,9,12H2,1-2H3. The molecule has 2 aromatic rings. The minimum absolute atomic E-state index is 0.345. The van der Waals surface area contributed by atoms with Crippen molar-refractivity contribution in [3.8, 4) is 5.75 Å². The first kappa shape index (κ1) is 13.2. The van der Waals surface area contributed by atoms with E-state index in [2.05, 4.69) is 48.6 Å². The lowest BCUT2D eigenvalue weighted by molar-refractivity contribution is 0.414. The van der Waals surface area contributed by atoms with E-state index < -0.39 is 0 Å². The molecule has 0 bridgehead atoms. The smallest absolute Gasteiger partial charge is 0.118 e. The summed E-state index contributed by atoms with van der Waals surface area (Å²) in [7, 11) is 1.70. The Hall–Kier alpha value is -1.80. The van der Waals surface area contributed by atoms with Gasteiger partial charge in [0.25, 0.3) is 0 Å². The van der Waals surface area contributed by atoms with E-state index >= 15 is 0 Å². The largest absolute Gasteiger partial charge is 0.497 e. The molecule has 0 aromatic heterocycles. The fourth-order valence-corrected chi connectivity index (χ4v) is 3.02. The van der Waals surface area contributed by atoms with Gasteiger partial charge in [-0.3, -0.25) is 0 Å². The third-order valence-electron chi connectivity index (χ3n) is 4.20. The molecule has 0 saturated carbocycles. The third kappa shape index (κ3) is 2.56. The van der Waals surface area contributed by atoms with Crippen LogP contribution in [0.1, 0.15) is 42.1 Å². The molecule has 1 aliphatic carbocycles. The Morgan fingerprint density at radius 3 is 2.60 bits per heavy atom. The number of fused-ring (bicyclic) bond motifs is 1. The first-order valence-electron chi connectivity index (χ1n) is 7.25. The van der Waals surface area contributed by atoms with Crippen molar-refractivity contribution in [1.82, 2.24) is 5.32 Å². The molecule has 20 heavy (non-hydrogen) atoms. The first-order valence-corrected chi connectivity index (χ1v) is 7.25. The Labute approximate surface area is 120 Å². The van der Waals surface area contributed by atoms with Gasteiger partial charge in [-0.2, -0.15) is 0 Å². The van der Waals surface area contributed by atoms with Crippen LogP contribution in [0.25, 0.3) is 0 Å². The van der Waals surface area contributed by atoms with E-state index in [4.69, 9.17) is 4.74 Å². The van der Waals surface area contributed by atoms with E-state index in [1.54, 1.807) is 7.11 Å². The van der Waals surface area contributed by atoms with Crippen LogP contribution in [-0.2, 0) is 6.42 Å². The molecule has 1 aliphatic rings. The molecule has 2 aromatic carbocycles. The molecule has 104 valence electrons. The van der Waals surface area contributed by atoms with Gasteiger partial charge in [0.05, 0.1) is 7.11 Å². The maximum absolute atomic E-state index is 5.21. The van der Waals surface area contributed by atoms with Crippen molar-refractivity contribution in [3.05, 3.63) is 65.2 Å².